The van der Waals surface area contributed by atoms with Crippen LogP contribution in [0.4, 0.5) is 8.78 Å². The van der Waals surface area contributed by atoms with E-state index in [2.05, 4.69) is 5.32 Å². The molecule has 0 saturated carbocycles. The van der Waals surface area contributed by atoms with Gasteiger partial charge in [0.25, 0.3) is 5.92 Å². The highest BCUT2D eigenvalue weighted by molar-refractivity contribution is 5.24. The standard InChI is InChI=1S/C10H11F2N/c11-10(12)7-13-6-9(10)8-4-2-1-3-5-8/h1-5,9,13H,6-7H2. The van der Waals surface area contributed by atoms with Crippen LogP contribution in [0.5, 0.6) is 0 Å². The zero-order valence-electron chi connectivity index (χ0n) is 7.13. The van der Waals surface area contributed by atoms with E-state index >= 15 is 0 Å². The van der Waals surface area contributed by atoms with Crippen LogP contribution in [0.25, 0.3) is 0 Å². The number of nitrogens with one attached hydrogen (secondary N) is 1. The van der Waals surface area contributed by atoms with Gasteiger partial charge in [-0.2, -0.15) is 0 Å². The fourth-order valence-electron chi connectivity index (χ4n) is 1.70. The van der Waals surface area contributed by atoms with Gasteiger partial charge in [-0.15, -0.1) is 0 Å². The molecular formula is C10H11F2N. The Morgan fingerprint density at radius 1 is 1.23 bits per heavy atom. The van der Waals surface area contributed by atoms with E-state index in [0.717, 1.165) is 5.56 Å². The van der Waals surface area contributed by atoms with Gasteiger partial charge in [0.05, 0.1) is 12.5 Å². The summed E-state index contributed by atoms with van der Waals surface area (Å²) in [6.07, 6.45) is 0. The second-order valence-corrected chi connectivity index (χ2v) is 3.36. The minimum Gasteiger partial charge on any atom is -0.310 e. The largest absolute Gasteiger partial charge is 0.310 e. The van der Waals surface area contributed by atoms with Crippen molar-refractivity contribution in [3.8, 4) is 0 Å². The molecule has 1 heterocycles. The Hall–Kier alpha value is -0.960. The average molecular weight is 183 g/mol. The number of benzene rings is 1. The van der Waals surface area contributed by atoms with Crippen molar-refractivity contribution < 1.29 is 8.78 Å². The molecule has 0 bridgehead atoms. The first-order chi connectivity index (χ1) is 6.20. The second-order valence-electron chi connectivity index (χ2n) is 3.36. The molecule has 0 aromatic heterocycles. The first-order valence-electron chi connectivity index (χ1n) is 4.33. The normalized spacial score (nSPS) is 26.2. The zero-order chi connectivity index (χ0) is 9.31. The van der Waals surface area contributed by atoms with Gasteiger partial charge in [-0.1, -0.05) is 30.3 Å². The average Bonchev–Trinajstić information content (AvgIpc) is 2.47. The molecule has 1 nitrogen and oxygen atoms in total. The summed E-state index contributed by atoms with van der Waals surface area (Å²) in [4.78, 5) is 0. The van der Waals surface area contributed by atoms with E-state index in [9.17, 15) is 8.78 Å². The minimum absolute atomic E-state index is 0.202. The van der Waals surface area contributed by atoms with Crippen molar-refractivity contribution in [2.24, 2.45) is 0 Å². The lowest BCUT2D eigenvalue weighted by atomic mass is 9.96. The van der Waals surface area contributed by atoms with Crippen LogP contribution in [0.2, 0.25) is 0 Å². The summed E-state index contributed by atoms with van der Waals surface area (Å²) in [7, 11) is 0. The maximum atomic E-state index is 13.2. The summed E-state index contributed by atoms with van der Waals surface area (Å²) < 4.78 is 26.5. The Balaban J connectivity index is 2.27. The molecule has 0 amide bonds. The molecule has 1 aliphatic rings. The van der Waals surface area contributed by atoms with Crippen LogP contribution in [0.1, 0.15) is 11.5 Å². The quantitative estimate of drug-likeness (QED) is 0.702. The third kappa shape index (κ3) is 1.56. The molecule has 3 heteroatoms. The number of hydrogen-bond acceptors (Lipinski definition) is 1. The van der Waals surface area contributed by atoms with Crippen LogP contribution in [-0.2, 0) is 0 Å². The predicted octanol–water partition coefficient (Wildman–Crippen LogP) is 2.01. The Bertz CT molecular complexity index is 284. The van der Waals surface area contributed by atoms with Crippen LogP contribution in [0, 0.1) is 0 Å². The fraction of sp³-hybridized carbons (Fsp3) is 0.400. The van der Waals surface area contributed by atoms with E-state index in [1.54, 1.807) is 24.3 Å². The monoisotopic (exact) mass is 183 g/mol. The maximum Gasteiger partial charge on any atom is 0.268 e. The Labute approximate surface area is 75.8 Å². The number of halogens is 2. The molecule has 13 heavy (non-hydrogen) atoms. The minimum atomic E-state index is -2.60. The van der Waals surface area contributed by atoms with E-state index in [-0.39, 0.29) is 6.54 Å². The molecule has 0 aliphatic carbocycles. The van der Waals surface area contributed by atoms with Gasteiger partial charge in [0.2, 0.25) is 0 Å². The molecule has 1 saturated heterocycles. The molecule has 70 valence electrons. The SMILES string of the molecule is FC1(F)CNCC1c1ccccc1. The first kappa shape index (κ1) is 8.63. The molecular weight excluding hydrogens is 172 g/mol. The molecule has 1 fully saturated rings. The molecule has 0 radical (unpaired) electrons. The van der Waals surface area contributed by atoms with E-state index in [1.807, 2.05) is 6.07 Å². The summed E-state index contributed by atoms with van der Waals surface area (Å²) in [6, 6.07) is 8.94. The zero-order valence-corrected chi connectivity index (χ0v) is 7.13. The molecule has 1 aromatic rings. The number of hydrogen-bond donors (Lipinski definition) is 1. The van der Waals surface area contributed by atoms with Crippen LogP contribution < -0.4 is 5.32 Å². The second kappa shape index (κ2) is 3.07. The summed E-state index contributed by atoms with van der Waals surface area (Å²) >= 11 is 0. The Morgan fingerprint density at radius 2 is 1.92 bits per heavy atom. The lowest BCUT2D eigenvalue weighted by molar-refractivity contribution is 0.00577. The van der Waals surface area contributed by atoms with Gasteiger partial charge in [-0.3, -0.25) is 0 Å². The summed E-state index contributed by atoms with van der Waals surface area (Å²) in [5, 5.41) is 2.71. The van der Waals surface area contributed by atoms with Gasteiger partial charge in [0.15, 0.2) is 0 Å². The molecule has 1 aromatic carbocycles. The Kier molecular flexibility index (Phi) is 2.04. The van der Waals surface area contributed by atoms with Crippen LogP contribution >= 0.6 is 0 Å². The van der Waals surface area contributed by atoms with Gasteiger partial charge >= 0.3 is 0 Å². The molecule has 1 aliphatic heterocycles. The van der Waals surface area contributed by atoms with Crippen LogP contribution in [0.3, 0.4) is 0 Å². The molecule has 0 spiro atoms. The summed E-state index contributed by atoms with van der Waals surface area (Å²) in [5.41, 5.74) is 0.720. The van der Waals surface area contributed by atoms with E-state index < -0.39 is 11.8 Å². The van der Waals surface area contributed by atoms with Crippen molar-refractivity contribution in [2.45, 2.75) is 11.8 Å². The van der Waals surface area contributed by atoms with Crippen molar-refractivity contribution in [3.63, 3.8) is 0 Å². The highest BCUT2D eigenvalue weighted by Crippen LogP contribution is 2.35. The summed E-state index contributed by atoms with van der Waals surface area (Å²) in [6.45, 7) is 0.170. The number of alkyl halides is 2. The fourth-order valence-corrected chi connectivity index (χ4v) is 1.70. The Morgan fingerprint density at radius 3 is 2.46 bits per heavy atom. The van der Waals surface area contributed by atoms with Crippen molar-refractivity contribution >= 4 is 0 Å². The predicted molar refractivity (Wildman–Crippen MR) is 47.0 cm³/mol. The molecule has 1 N–H and O–H groups in total. The molecule has 1 atom stereocenters. The lowest BCUT2D eigenvalue weighted by Gasteiger charge is -2.17. The highest BCUT2D eigenvalue weighted by Gasteiger charge is 2.44. The van der Waals surface area contributed by atoms with Crippen LogP contribution in [0.15, 0.2) is 30.3 Å². The number of rotatable bonds is 1. The van der Waals surface area contributed by atoms with Crippen LogP contribution in [-0.4, -0.2) is 19.0 Å². The van der Waals surface area contributed by atoms with Gasteiger partial charge in [0.1, 0.15) is 0 Å². The first-order valence-corrected chi connectivity index (χ1v) is 4.33. The van der Waals surface area contributed by atoms with E-state index in [1.165, 1.54) is 0 Å². The van der Waals surface area contributed by atoms with E-state index in [4.69, 9.17) is 0 Å². The molecule has 2 rings (SSSR count). The molecule has 1 unspecified atom stereocenters. The van der Waals surface area contributed by atoms with Crippen molar-refractivity contribution in [1.82, 2.24) is 5.32 Å². The topological polar surface area (TPSA) is 12.0 Å². The summed E-state index contributed by atoms with van der Waals surface area (Å²) in [5.74, 6) is -3.25. The smallest absolute Gasteiger partial charge is 0.268 e. The van der Waals surface area contributed by atoms with Gasteiger partial charge in [0, 0.05) is 6.54 Å². The third-order valence-electron chi connectivity index (χ3n) is 2.42. The third-order valence-corrected chi connectivity index (χ3v) is 2.42. The van der Waals surface area contributed by atoms with Gasteiger partial charge in [-0.25, -0.2) is 8.78 Å². The van der Waals surface area contributed by atoms with Gasteiger partial charge < -0.3 is 5.32 Å². The van der Waals surface area contributed by atoms with Crippen molar-refractivity contribution in [2.75, 3.05) is 13.1 Å². The van der Waals surface area contributed by atoms with E-state index in [0.29, 0.717) is 6.54 Å². The maximum absolute atomic E-state index is 13.2. The highest BCUT2D eigenvalue weighted by atomic mass is 19.3. The lowest BCUT2D eigenvalue weighted by Crippen LogP contribution is -2.25. The van der Waals surface area contributed by atoms with Crippen molar-refractivity contribution in [3.05, 3.63) is 35.9 Å². The van der Waals surface area contributed by atoms with Gasteiger partial charge in [-0.05, 0) is 5.56 Å². The van der Waals surface area contributed by atoms with Crippen molar-refractivity contribution in [1.29, 1.82) is 0 Å².